The molecule has 0 aliphatic carbocycles. The van der Waals surface area contributed by atoms with E-state index in [1.807, 2.05) is 77.7 Å². The summed E-state index contributed by atoms with van der Waals surface area (Å²) in [5.41, 5.74) is 2.80. The Hall–Kier alpha value is -2.80. The lowest BCUT2D eigenvalue weighted by atomic mass is 10.2. The maximum atomic E-state index is 12.9. The first-order chi connectivity index (χ1) is 12.6. The number of aromatic amines is 1. The fraction of sp³-hybridized carbons (Fsp3) is 0.211. The number of aromatic nitrogens is 4. The van der Waals surface area contributed by atoms with E-state index >= 15 is 0 Å². The monoisotopic (exact) mass is 365 g/mol. The van der Waals surface area contributed by atoms with E-state index in [4.69, 9.17) is 0 Å². The van der Waals surface area contributed by atoms with Gasteiger partial charge >= 0.3 is 0 Å². The fourth-order valence-electron chi connectivity index (χ4n) is 3.05. The number of hydrogen-bond donors (Lipinski definition) is 1. The standard InChI is InChI=1S/C19H19N5OS/c1-13(2)23(14-8-4-3-5-9-14)17(25)12-26-19-22-21-18-20-15-10-6-7-11-16(15)24(18)19/h3-11,13H,12H2,1-2H3,(H,20,21). The van der Waals surface area contributed by atoms with Gasteiger partial charge in [-0.1, -0.05) is 42.1 Å². The predicted molar refractivity (Wildman–Crippen MR) is 105 cm³/mol. The van der Waals surface area contributed by atoms with Crippen molar-refractivity contribution in [1.29, 1.82) is 0 Å². The number of anilines is 1. The van der Waals surface area contributed by atoms with E-state index < -0.39 is 0 Å². The summed E-state index contributed by atoms with van der Waals surface area (Å²) in [7, 11) is 0. The predicted octanol–water partition coefficient (Wildman–Crippen LogP) is 3.74. The molecular weight excluding hydrogens is 346 g/mol. The third-order valence-electron chi connectivity index (χ3n) is 4.15. The van der Waals surface area contributed by atoms with E-state index in [-0.39, 0.29) is 11.9 Å². The third kappa shape index (κ3) is 2.94. The van der Waals surface area contributed by atoms with Crippen LogP contribution in [0.4, 0.5) is 5.69 Å². The molecule has 4 rings (SSSR count). The van der Waals surface area contributed by atoms with Crippen molar-refractivity contribution in [2.24, 2.45) is 0 Å². The zero-order valence-electron chi connectivity index (χ0n) is 14.6. The van der Waals surface area contributed by atoms with Crippen LogP contribution >= 0.6 is 11.8 Å². The molecule has 2 aromatic carbocycles. The molecule has 0 aliphatic heterocycles. The van der Waals surface area contributed by atoms with Gasteiger partial charge in [0.25, 0.3) is 0 Å². The Morgan fingerprint density at radius 3 is 2.65 bits per heavy atom. The van der Waals surface area contributed by atoms with Gasteiger partial charge in [-0.25, -0.2) is 10.1 Å². The number of H-pyrrole nitrogens is 1. The normalized spacial score (nSPS) is 11.5. The summed E-state index contributed by atoms with van der Waals surface area (Å²) in [5.74, 6) is 1.04. The molecule has 0 aliphatic rings. The maximum absolute atomic E-state index is 12.9. The quantitative estimate of drug-likeness (QED) is 0.547. The average Bonchev–Trinajstić information content (AvgIpc) is 3.20. The summed E-state index contributed by atoms with van der Waals surface area (Å²) in [6.45, 7) is 4.04. The highest BCUT2D eigenvalue weighted by atomic mass is 32.2. The molecule has 0 radical (unpaired) electrons. The molecule has 6 nitrogen and oxygen atoms in total. The first-order valence-corrected chi connectivity index (χ1v) is 9.45. The summed E-state index contributed by atoms with van der Waals surface area (Å²) in [5, 5.41) is 8.00. The molecule has 26 heavy (non-hydrogen) atoms. The van der Waals surface area contributed by atoms with Crippen LogP contribution in [0.1, 0.15) is 13.8 Å². The first kappa shape index (κ1) is 16.7. The maximum Gasteiger partial charge on any atom is 0.237 e. The summed E-state index contributed by atoms with van der Waals surface area (Å²) in [4.78, 5) is 19.2. The van der Waals surface area contributed by atoms with Crippen LogP contribution in [-0.2, 0) is 4.79 Å². The van der Waals surface area contributed by atoms with Crippen LogP contribution in [0, 0.1) is 0 Å². The van der Waals surface area contributed by atoms with E-state index in [1.165, 1.54) is 11.8 Å². The second kappa shape index (κ2) is 6.84. The number of imidazole rings is 1. The van der Waals surface area contributed by atoms with Crippen LogP contribution in [0.3, 0.4) is 0 Å². The Morgan fingerprint density at radius 1 is 1.15 bits per heavy atom. The van der Waals surface area contributed by atoms with E-state index in [2.05, 4.69) is 15.2 Å². The number of nitrogens with zero attached hydrogens (tertiary/aromatic N) is 4. The molecule has 4 aromatic rings. The molecular formula is C19H19N5OS. The highest BCUT2D eigenvalue weighted by molar-refractivity contribution is 7.99. The van der Waals surface area contributed by atoms with Crippen LogP contribution < -0.4 is 4.90 Å². The van der Waals surface area contributed by atoms with Crippen LogP contribution in [0.2, 0.25) is 0 Å². The Labute approximate surface area is 155 Å². The fourth-order valence-corrected chi connectivity index (χ4v) is 3.87. The van der Waals surface area contributed by atoms with Gasteiger partial charge in [-0.2, -0.15) is 0 Å². The van der Waals surface area contributed by atoms with Crippen LogP contribution in [0.25, 0.3) is 16.8 Å². The molecule has 0 unspecified atom stereocenters. The molecule has 0 bridgehead atoms. The Balaban J connectivity index is 1.58. The van der Waals surface area contributed by atoms with Crippen LogP contribution in [0.15, 0.2) is 59.8 Å². The molecule has 7 heteroatoms. The van der Waals surface area contributed by atoms with Crippen molar-refractivity contribution in [1.82, 2.24) is 19.6 Å². The van der Waals surface area contributed by atoms with Gasteiger partial charge in [-0.05, 0) is 38.1 Å². The highest BCUT2D eigenvalue weighted by Gasteiger charge is 2.20. The molecule has 0 saturated carbocycles. The molecule has 0 spiro atoms. The number of carbonyl (C=O) groups excluding carboxylic acids is 1. The average molecular weight is 365 g/mol. The molecule has 2 heterocycles. The van der Waals surface area contributed by atoms with Gasteiger partial charge in [0.1, 0.15) is 0 Å². The van der Waals surface area contributed by atoms with Crippen molar-refractivity contribution < 1.29 is 4.79 Å². The second-order valence-electron chi connectivity index (χ2n) is 6.25. The summed E-state index contributed by atoms with van der Waals surface area (Å²) >= 11 is 1.41. The first-order valence-electron chi connectivity index (χ1n) is 8.46. The lowest BCUT2D eigenvalue weighted by molar-refractivity contribution is -0.116. The van der Waals surface area contributed by atoms with Gasteiger partial charge in [0.05, 0.1) is 16.8 Å². The molecule has 1 amide bonds. The van der Waals surface area contributed by atoms with E-state index in [1.54, 1.807) is 0 Å². The van der Waals surface area contributed by atoms with Gasteiger partial charge in [-0.3, -0.25) is 9.20 Å². The van der Waals surface area contributed by atoms with Gasteiger partial charge in [0.2, 0.25) is 11.7 Å². The number of rotatable bonds is 5. The molecule has 0 saturated heterocycles. The van der Waals surface area contributed by atoms with E-state index in [0.29, 0.717) is 11.5 Å². The smallest absolute Gasteiger partial charge is 0.237 e. The van der Waals surface area contributed by atoms with Crippen molar-refractivity contribution in [2.45, 2.75) is 25.0 Å². The van der Waals surface area contributed by atoms with Crippen LogP contribution in [0.5, 0.6) is 0 Å². The zero-order chi connectivity index (χ0) is 18.1. The van der Waals surface area contributed by atoms with E-state index in [9.17, 15) is 4.79 Å². The Kier molecular flexibility index (Phi) is 4.38. The van der Waals surface area contributed by atoms with Gasteiger partial charge in [-0.15, -0.1) is 5.10 Å². The SMILES string of the molecule is CC(C)N(C(=O)CSc1n[nH]c2nc3ccccc3n12)c1ccccc1. The minimum absolute atomic E-state index is 0.0526. The summed E-state index contributed by atoms with van der Waals surface area (Å²) in [6.07, 6.45) is 0. The molecule has 132 valence electrons. The minimum atomic E-state index is 0.0526. The van der Waals surface area contributed by atoms with Crippen molar-refractivity contribution in [3.63, 3.8) is 0 Å². The number of para-hydroxylation sites is 3. The summed E-state index contributed by atoms with van der Waals surface area (Å²) < 4.78 is 1.95. The van der Waals surface area contributed by atoms with Crippen molar-refractivity contribution in [2.75, 3.05) is 10.7 Å². The highest BCUT2D eigenvalue weighted by Crippen LogP contribution is 2.24. The number of carbonyl (C=O) groups is 1. The zero-order valence-corrected chi connectivity index (χ0v) is 15.4. The largest absolute Gasteiger partial charge is 0.309 e. The van der Waals surface area contributed by atoms with Crippen LogP contribution in [-0.4, -0.2) is 37.3 Å². The number of amides is 1. The number of nitrogens with one attached hydrogen (secondary N) is 1. The van der Waals surface area contributed by atoms with Gasteiger partial charge < -0.3 is 4.90 Å². The number of benzene rings is 2. The minimum Gasteiger partial charge on any atom is -0.309 e. The lowest BCUT2D eigenvalue weighted by Gasteiger charge is -2.26. The molecule has 2 aromatic heterocycles. The Morgan fingerprint density at radius 2 is 1.88 bits per heavy atom. The lowest BCUT2D eigenvalue weighted by Crippen LogP contribution is -2.38. The summed E-state index contributed by atoms with van der Waals surface area (Å²) in [6, 6.07) is 17.7. The number of hydrogen-bond acceptors (Lipinski definition) is 4. The second-order valence-corrected chi connectivity index (χ2v) is 7.19. The van der Waals surface area contributed by atoms with E-state index in [0.717, 1.165) is 21.9 Å². The topological polar surface area (TPSA) is 66.3 Å². The van der Waals surface area contributed by atoms with Crippen molar-refractivity contribution in [3.05, 3.63) is 54.6 Å². The molecule has 1 N–H and O–H groups in total. The number of thioether (sulfide) groups is 1. The Bertz CT molecular complexity index is 1050. The number of fused-ring (bicyclic) bond motifs is 3. The van der Waals surface area contributed by atoms with Gasteiger partial charge in [0, 0.05) is 11.7 Å². The third-order valence-corrected chi connectivity index (χ3v) is 5.07. The molecule has 0 atom stereocenters. The van der Waals surface area contributed by atoms with Gasteiger partial charge in [0.15, 0.2) is 5.16 Å². The van der Waals surface area contributed by atoms with Crippen molar-refractivity contribution >= 4 is 40.2 Å². The molecule has 0 fully saturated rings. The van der Waals surface area contributed by atoms with Crippen molar-refractivity contribution in [3.8, 4) is 0 Å².